The van der Waals surface area contributed by atoms with Crippen LogP contribution >= 0.6 is 34.8 Å². The molecule has 0 bridgehead atoms. The lowest BCUT2D eigenvalue weighted by molar-refractivity contribution is 0.483. The van der Waals surface area contributed by atoms with Crippen LogP contribution in [0.4, 0.5) is 0 Å². The van der Waals surface area contributed by atoms with E-state index in [1.165, 1.54) is 0 Å². The van der Waals surface area contributed by atoms with Gasteiger partial charge in [0.05, 0.1) is 10.0 Å². The Kier molecular flexibility index (Phi) is 6.19. The Labute approximate surface area is 140 Å². The summed E-state index contributed by atoms with van der Waals surface area (Å²) in [5.41, 5.74) is 1.11. The Morgan fingerprint density at radius 1 is 0.952 bits per heavy atom. The van der Waals surface area contributed by atoms with Crippen LogP contribution in [0.1, 0.15) is 18.9 Å². The molecule has 0 aliphatic rings. The van der Waals surface area contributed by atoms with Crippen molar-refractivity contribution < 1.29 is 4.74 Å². The fourth-order valence-electron chi connectivity index (χ4n) is 1.82. The van der Waals surface area contributed by atoms with E-state index < -0.39 is 0 Å². The number of hydrogen-bond donors (Lipinski definition) is 1. The molecule has 0 fully saturated rings. The summed E-state index contributed by atoms with van der Waals surface area (Å²) in [4.78, 5) is 0. The van der Waals surface area contributed by atoms with Crippen LogP contribution in [0.25, 0.3) is 0 Å². The van der Waals surface area contributed by atoms with Crippen molar-refractivity contribution in [1.29, 1.82) is 0 Å². The molecular weight excluding hydrogens is 329 g/mol. The number of benzene rings is 2. The van der Waals surface area contributed by atoms with Crippen molar-refractivity contribution in [3.05, 3.63) is 57.0 Å². The van der Waals surface area contributed by atoms with Crippen LogP contribution in [0.2, 0.25) is 15.1 Å². The van der Waals surface area contributed by atoms with E-state index >= 15 is 0 Å². The lowest BCUT2D eigenvalue weighted by Crippen LogP contribution is -2.13. The van der Waals surface area contributed by atoms with Crippen LogP contribution in [0, 0.1) is 0 Å². The summed E-state index contributed by atoms with van der Waals surface area (Å²) >= 11 is 18.2. The van der Waals surface area contributed by atoms with Gasteiger partial charge in [0, 0.05) is 11.6 Å². The lowest BCUT2D eigenvalue weighted by atomic mass is 10.2. The van der Waals surface area contributed by atoms with Gasteiger partial charge in [0.2, 0.25) is 0 Å². The van der Waals surface area contributed by atoms with E-state index in [1.54, 1.807) is 18.2 Å². The average Bonchev–Trinajstić information content (AvgIpc) is 2.44. The largest absolute Gasteiger partial charge is 0.454 e. The van der Waals surface area contributed by atoms with Gasteiger partial charge in [-0.05, 0) is 48.9 Å². The van der Waals surface area contributed by atoms with Crippen LogP contribution in [-0.2, 0) is 6.54 Å². The summed E-state index contributed by atoms with van der Waals surface area (Å²) in [5.74, 6) is 1.10. The van der Waals surface area contributed by atoms with Crippen molar-refractivity contribution in [2.24, 2.45) is 0 Å². The van der Waals surface area contributed by atoms with Gasteiger partial charge < -0.3 is 10.1 Å². The molecule has 0 spiro atoms. The Hall–Kier alpha value is -0.930. The number of ether oxygens (including phenoxy) is 1. The quantitative estimate of drug-likeness (QED) is 0.655. The third-order valence-corrected chi connectivity index (χ3v) is 3.69. The number of hydrogen-bond acceptors (Lipinski definition) is 2. The van der Waals surface area contributed by atoms with Gasteiger partial charge in [-0.3, -0.25) is 0 Å². The van der Waals surface area contributed by atoms with E-state index in [9.17, 15) is 0 Å². The van der Waals surface area contributed by atoms with Crippen molar-refractivity contribution in [3.63, 3.8) is 0 Å². The first-order chi connectivity index (χ1) is 10.1. The summed E-state index contributed by atoms with van der Waals surface area (Å²) in [6.07, 6.45) is 1.10. The third-order valence-electron chi connectivity index (χ3n) is 2.87. The minimum atomic E-state index is 0.451. The summed E-state index contributed by atoms with van der Waals surface area (Å²) in [6, 6.07) is 10.8. The molecule has 112 valence electrons. The van der Waals surface area contributed by atoms with Crippen LogP contribution < -0.4 is 10.1 Å². The molecule has 0 atom stereocenters. The molecule has 0 heterocycles. The summed E-state index contributed by atoms with van der Waals surface area (Å²) in [5, 5.41) is 4.90. The number of halogens is 3. The summed E-state index contributed by atoms with van der Waals surface area (Å²) in [7, 11) is 0. The normalized spacial score (nSPS) is 10.7. The van der Waals surface area contributed by atoms with Crippen molar-refractivity contribution in [2.75, 3.05) is 6.54 Å². The van der Waals surface area contributed by atoms with E-state index in [0.29, 0.717) is 26.6 Å². The molecule has 0 radical (unpaired) electrons. The van der Waals surface area contributed by atoms with Gasteiger partial charge in [-0.25, -0.2) is 0 Å². The summed E-state index contributed by atoms with van der Waals surface area (Å²) < 4.78 is 5.73. The molecule has 21 heavy (non-hydrogen) atoms. The van der Waals surface area contributed by atoms with E-state index in [1.807, 2.05) is 18.2 Å². The molecule has 0 aliphatic heterocycles. The Balaban J connectivity index is 2.10. The van der Waals surface area contributed by atoms with Crippen molar-refractivity contribution in [3.8, 4) is 11.5 Å². The smallest absolute Gasteiger partial charge is 0.146 e. The second-order valence-electron chi connectivity index (χ2n) is 4.62. The first-order valence-corrected chi connectivity index (χ1v) is 7.85. The minimum absolute atomic E-state index is 0.451. The van der Waals surface area contributed by atoms with Gasteiger partial charge in [0.1, 0.15) is 11.5 Å². The molecular formula is C16H16Cl3NO. The average molecular weight is 345 g/mol. The van der Waals surface area contributed by atoms with Crippen molar-refractivity contribution in [2.45, 2.75) is 19.9 Å². The fraction of sp³-hybridized carbons (Fsp3) is 0.250. The highest BCUT2D eigenvalue weighted by atomic mass is 35.5. The second kappa shape index (κ2) is 7.90. The van der Waals surface area contributed by atoms with Gasteiger partial charge in [-0.15, -0.1) is 0 Å². The molecule has 0 unspecified atom stereocenters. The Morgan fingerprint density at radius 3 is 2.24 bits per heavy atom. The van der Waals surface area contributed by atoms with Gasteiger partial charge in [0.25, 0.3) is 0 Å². The van der Waals surface area contributed by atoms with Crippen LogP contribution in [0.15, 0.2) is 36.4 Å². The topological polar surface area (TPSA) is 21.3 Å². The van der Waals surface area contributed by atoms with Crippen molar-refractivity contribution >= 4 is 34.8 Å². The minimum Gasteiger partial charge on any atom is -0.454 e. The van der Waals surface area contributed by atoms with E-state index in [2.05, 4.69) is 12.2 Å². The van der Waals surface area contributed by atoms with E-state index in [0.717, 1.165) is 25.1 Å². The van der Waals surface area contributed by atoms with Gasteiger partial charge in [-0.1, -0.05) is 47.8 Å². The molecule has 0 saturated carbocycles. The standard InChI is InChI=1S/C16H16Cl3NO/c1-2-7-20-10-11-3-5-15(13(18)8-11)21-16-6-4-12(17)9-14(16)19/h3-6,8-9,20H,2,7,10H2,1H3. The molecule has 2 aromatic carbocycles. The molecule has 1 N–H and O–H groups in total. The van der Waals surface area contributed by atoms with Crippen LogP contribution in [0.3, 0.4) is 0 Å². The van der Waals surface area contributed by atoms with Crippen LogP contribution in [-0.4, -0.2) is 6.54 Å². The maximum atomic E-state index is 6.25. The van der Waals surface area contributed by atoms with Gasteiger partial charge >= 0.3 is 0 Å². The maximum absolute atomic E-state index is 6.25. The monoisotopic (exact) mass is 343 g/mol. The lowest BCUT2D eigenvalue weighted by Gasteiger charge is -2.11. The predicted molar refractivity (Wildman–Crippen MR) is 90.0 cm³/mol. The van der Waals surface area contributed by atoms with E-state index in [-0.39, 0.29) is 0 Å². The maximum Gasteiger partial charge on any atom is 0.146 e. The second-order valence-corrected chi connectivity index (χ2v) is 5.87. The fourth-order valence-corrected chi connectivity index (χ4v) is 2.51. The Morgan fingerprint density at radius 2 is 1.62 bits per heavy atom. The highest BCUT2D eigenvalue weighted by Gasteiger charge is 2.08. The molecule has 2 rings (SSSR count). The molecule has 5 heteroatoms. The first kappa shape index (κ1) is 16.4. The van der Waals surface area contributed by atoms with Crippen molar-refractivity contribution in [1.82, 2.24) is 5.32 Å². The SMILES string of the molecule is CCCNCc1ccc(Oc2ccc(Cl)cc2Cl)c(Cl)c1. The van der Waals surface area contributed by atoms with Crippen LogP contribution in [0.5, 0.6) is 11.5 Å². The molecule has 0 aliphatic carbocycles. The molecule has 0 amide bonds. The number of nitrogens with one attached hydrogen (secondary N) is 1. The zero-order valence-corrected chi connectivity index (χ0v) is 13.9. The molecule has 0 saturated heterocycles. The summed E-state index contributed by atoms with van der Waals surface area (Å²) in [6.45, 7) is 3.90. The highest BCUT2D eigenvalue weighted by molar-refractivity contribution is 6.35. The highest BCUT2D eigenvalue weighted by Crippen LogP contribution is 2.35. The zero-order chi connectivity index (χ0) is 15.2. The van der Waals surface area contributed by atoms with E-state index in [4.69, 9.17) is 39.5 Å². The third kappa shape index (κ3) is 4.79. The zero-order valence-electron chi connectivity index (χ0n) is 11.6. The molecule has 0 aromatic heterocycles. The van der Waals surface area contributed by atoms with Gasteiger partial charge in [0.15, 0.2) is 0 Å². The number of rotatable bonds is 6. The molecule has 2 aromatic rings. The molecule has 2 nitrogen and oxygen atoms in total. The predicted octanol–water partition coefficient (Wildman–Crippen LogP) is 5.94. The van der Waals surface area contributed by atoms with Gasteiger partial charge in [-0.2, -0.15) is 0 Å². The first-order valence-electron chi connectivity index (χ1n) is 6.72. The Bertz CT molecular complexity index is 616.